The summed E-state index contributed by atoms with van der Waals surface area (Å²) in [7, 11) is 0. The van der Waals surface area contributed by atoms with Crippen molar-refractivity contribution < 1.29 is 0 Å². The maximum absolute atomic E-state index is 10.4. The average molecular weight is 1020 g/mol. The standard InChI is InChI=1S/C68H30N12/c1-75-51-14-22-54(49(26-51)36-73)45-11-19-58-57-18-10-44(53-16-6-41(33-70)24-48(53)35-72)28-62(57)79(63(58)29-45)66-38-78-39-67(68(66)43-8-4-40(32-69)5-9-43)80-64-30-46(55-23-15-52(76-2)27-50(55)37-74)12-20-59(64)60-21-13-47(31-65(60)80)56-17-7-42(34-71)25-61(56)77-3/h4-31,38-39H. The van der Waals surface area contributed by atoms with E-state index in [0.717, 1.165) is 43.6 Å². The second-order valence-corrected chi connectivity index (χ2v) is 18.7. The lowest BCUT2D eigenvalue weighted by molar-refractivity contribution is 1.09. The van der Waals surface area contributed by atoms with Gasteiger partial charge in [-0.25, -0.2) is 14.5 Å². The molecular formula is C68H30N12. The third kappa shape index (κ3) is 7.82. The molecule has 362 valence electrons. The molecule has 0 radical (unpaired) electrons. The Bertz CT molecular complexity index is 4570. The SMILES string of the molecule is [C-]#[N+]c1ccc(-c2ccc3c4ccc(-c5ccc(C#N)cc5C#N)cc4n(-c4cncc(-n5c6cc(-c7ccc([N+]#[C-])cc7C#N)ccc6c6ccc(-c7ccc(C#N)cc7[N+]#[C-])cc65)c4-c4ccc(C#N)cc4)c3c2)c(C#N)c1. The molecule has 0 bridgehead atoms. The van der Waals surface area contributed by atoms with E-state index in [0.29, 0.717) is 117 Å². The third-order valence-electron chi connectivity index (χ3n) is 14.5. The molecule has 12 aromatic rings. The Morgan fingerprint density at radius 3 is 1.10 bits per heavy atom. The van der Waals surface area contributed by atoms with E-state index >= 15 is 0 Å². The first kappa shape index (κ1) is 48.1. The molecule has 0 atom stereocenters. The highest BCUT2D eigenvalue weighted by atomic mass is 15.0. The summed E-state index contributed by atoms with van der Waals surface area (Å²) in [5.41, 5.74) is 14.0. The van der Waals surface area contributed by atoms with Crippen LogP contribution < -0.4 is 0 Å². The molecule has 12 rings (SSSR count). The van der Waals surface area contributed by atoms with E-state index in [4.69, 9.17) is 24.7 Å². The van der Waals surface area contributed by atoms with E-state index in [9.17, 15) is 31.6 Å². The van der Waals surface area contributed by atoms with Crippen molar-refractivity contribution in [3.8, 4) is 103 Å². The van der Waals surface area contributed by atoms with E-state index in [-0.39, 0.29) is 0 Å². The minimum Gasteiger partial charge on any atom is -0.307 e. The fourth-order valence-corrected chi connectivity index (χ4v) is 10.8. The average Bonchev–Trinajstić information content (AvgIpc) is 4.12. The number of benzene rings is 9. The number of pyridine rings is 1. The monoisotopic (exact) mass is 1010 g/mol. The molecule has 80 heavy (non-hydrogen) atoms. The zero-order valence-electron chi connectivity index (χ0n) is 41.7. The molecule has 0 aliphatic heterocycles. The van der Waals surface area contributed by atoms with Gasteiger partial charge >= 0.3 is 0 Å². The van der Waals surface area contributed by atoms with Gasteiger partial charge in [0, 0.05) is 43.8 Å². The lowest BCUT2D eigenvalue weighted by Crippen LogP contribution is -2.05. The van der Waals surface area contributed by atoms with Crippen molar-refractivity contribution in [3.05, 3.63) is 250 Å². The fraction of sp³-hybridized carbons (Fsp3) is 0. The Morgan fingerprint density at radius 2 is 0.700 bits per heavy atom. The molecule has 0 fully saturated rings. The Kier molecular flexibility index (Phi) is 11.7. The third-order valence-corrected chi connectivity index (χ3v) is 14.5. The molecule has 12 nitrogen and oxygen atoms in total. The van der Waals surface area contributed by atoms with Crippen LogP contribution in [0.2, 0.25) is 0 Å². The van der Waals surface area contributed by atoms with E-state index in [2.05, 4.69) is 60.1 Å². The van der Waals surface area contributed by atoms with Crippen molar-refractivity contribution in [3.63, 3.8) is 0 Å². The number of nitrogens with zero attached hydrogens (tertiary/aromatic N) is 12. The van der Waals surface area contributed by atoms with Crippen LogP contribution in [0, 0.1) is 87.7 Å². The van der Waals surface area contributed by atoms with Crippen LogP contribution >= 0.6 is 0 Å². The van der Waals surface area contributed by atoms with Gasteiger partial charge in [0.1, 0.15) is 0 Å². The minimum atomic E-state index is 0.305. The second-order valence-electron chi connectivity index (χ2n) is 18.7. The molecule has 3 aromatic heterocycles. The van der Waals surface area contributed by atoms with Crippen molar-refractivity contribution in [1.29, 1.82) is 31.6 Å². The molecule has 3 heterocycles. The first-order valence-electron chi connectivity index (χ1n) is 24.6. The molecule has 12 heteroatoms. The molecule has 0 saturated carbocycles. The maximum atomic E-state index is 10.4. The zero-order valence-corrected chi connectivity index (χ0v) is 41.7. The number of hydrogen-bond donors (Lipinski definition) is 0. The molecule has 0 saturated heterocycles. The predicted molar refractivity (Wildman–Crippen MR) is 307 cm³/mol. The summed E-state index contributed by atoms with van der Waals surface area (Å²) in [5, 5.41) is 64.4. The van der Waals surface area contributed by atoms with Crippen LogP contribution in [-0.2, 0) is 0 Å². The Morgan fingerprint density at radius 1 is 0.338 bits per heavy atom. The van der Waals surface area contributed by atoms with Crippen molar-refractivity contribution in [2.45, 2.75) is 0 Å². The number of nitriles is 6. The van der Waals surface area contributed by atoms with Crippen molar-refractivity contribution >= 4 is 60.7 Å². The first-order valence-corrected chi connectivity index (χ1v) is 24.6. The molecule has 0 aliphatic rings. The van der Waals surface area contributed by atoms with Crippen molar-refractivity contribution in [2.24, 2.45) is 0 Å². The largest absolute Gasteiger partial charge is 0.307 e. The van der Waals surface area contributed by atoms with Gasteiger partial charge in [-0.2, -0.15) is 31.6 Å². The highest BCUT2D eigenvalue weighted by molar-refractivity contribution is 6.14. The smallest absolute Gasteiger partial charge is 0.196 e. The van der Waals surface area contributed by atoms with Crippen LogP contribution in [0.1, 0.15) is 33.4 Å². The molecular weight excluding hydrogens is 985 g/mol. The van der Waals surface area contributed by atoms with E-state index in [1.54, 1.807) is 97.3 Å². The Balaban J connectivity index is 1.23. The van der Waals surface area contributed by atoms with Gasteiger partial charge in [0.2, 0.25) is 0 Å². The predicted octanol–water partition coefficient (Wildman–Crippen LogP) is 16.5. The number of aromatic nitrogens is 3. The second kappa shape index (κ2) is 19.4. The van der Waals surface area contributed by atoms with Gasteiger partial charge in [-0.15, -0.1) is 0 Å². The summed E-state index contributed by atoms with van der Waals surface area (Å²) in [6, 6.07) is 64.7. The van der Waals surface area contributed by atoms with E-state index in [1.807, 2.05) is 84.9 Å². The van der Waals surface area contributed by atoms with Crippen LogP contribution in [0.3, 0.4) is 0 Å². The van der Waals surface area contributed by atoms with Gasteiger partial charge in [-0.3, -0.25) is 4.98 Å². The Labute approximate surface area is 457 Å². The topological polar surface area (TPSA) is 179 Å². The van der Waals surface area contributed by atoms with Crippen LogP contribution in [0.5, 0.6) is 0 Å². The molecule has 0 unspecified atom stereocenters. The van der Waals surface area contributed by atoms with Crippen LogP contribution in [-0.4, -0.2) is 14.1 Å². The molecule has 0 aliphatic carbocycles. The minimum absolute atomic E-state index is 0.305. The quantitative estimate of drug-likeness (QED) is 0.143. The van der Waals surface area contributed by atoms with Gasteiger partial charge in [-0.05, 0) is 123 Å². The summed E-state index contributed by atoms with van der Waals surface area (Å²) in [5.74, 6) is 0. The zero-order chi connectivity index (χ0) is 55.2. The summed E-state index contributed by atoms with van der Waals surface area (Å²) in [4.78, 5) is 16.1. The van der Waals surface area contributed by atoms with Gasteiger partial charge < -0.3 is 9.13 Å². The normalized spacial score (nSPS) is 10.6. The summed E-state index contributed by atoms with van der Waals surface area (Å²) in [6.07, 6.45) is 3.57. The van der Waals surface area contributed by atoms with E-state index in [1.165, 1.54) is 0 Å². The summed E-state index contributed by atoms with van der Waals surface area (Å²) in [6.45, 7) is 23.5. The highest BCUT2D eigenvalue weighted by Gasteiger charge is 2.25. The van der Waals surface area contributed by atoms with Crippen molar-refractivity contribution in [1.82, 2.24) is 14.1 Å². The van der Waals surface area contributed by atoms with Crippen LogP contribution in [0.4, 0.5) is 17.1 Å². The molecule has 0 amide bonds. The molecule has 0 N–H and O–H groups in total. The van der Waals surface area contributed by atoms with Crippen LogP contribution in [0.15, 0.2) is 182 Å². The Hall–Kier alpha value is -12.9. The van der Waals surface area contributed by atoms with Crippen molar-refractivity contribution in [2.75, 3.05) is 0 Å². The lowest BCUT2D eigenvalue weighted by Gasteiger charge is -2.20. The molecule has 0 spiro atoms. The van der Waals surface area contributed by atoms with Gasteiger partial charge in [0.25, 0.3) is 0 Å². The van der Waals surface area contributed by atoms with E-state index < -0.39 is 0 Å². The number of rotatable bonds is 7. The summed E-state index contributed by atoms with van der Waals surface area (Å²) >= 11 is 0. The van der Waals surface area contributed by atoms with Gasteiger partial charge in [0.15, 0.2) is 17.1 Å². The highest BCUT2D eigenvalue weighted by Crippen LogP contribution is 2.46. The first-order chi connectivity index (χ1) is 39.2. The fourth-order valence-electron chi connectivity index (χ4n) is 10.8. The van der Waals surface area contributed by atoms with Gasteiger partial charge in [-0.1, -0.05) is 97.1 Å². The maximum Gasteiger partial charge on any atom is 0.196 e. The lowest BCUT2D eigenvalue weighted by atomic mass is 9.96. The van der Waals surface area contributed by atoms with Crippen LogP contribution in [0.25, 0.3) is 125 Å². The van der Waals surface area contributed by atoms with Gasteiger partial charge in [0.05, 0.1) is 119 Å². The number of fused-ring (bicyclic) bond motifs is 6. The summed E-state index contributed by atoms with van der Waals surface area (Å²) < 4.78 is 4.22. The number of hydrogen-bond acceptors (Lipinski definition) is 7. The molecule has 9 aromatic carbocycles.